The van der Waals surface area contributed by atoms with Gasteiger partial charge in [0.15, 0.2) is 11.2 Å². The molecular formula is C22H21N5O4. The lowest BCUT2D eigenvalue weighted by molar-refractivity contribution is 0.0697. The van der Waals surface area contributed by atoms with E-state index in [0.717, 1.165) is 21.3 Å². The molecule has 3 N–H and O–H groups in total. The molecule has 2 aromatic heterocycles. The smallest absolute Gasteiger partial charge is 0.335 e. The van der Waals surface area contributed by atoms with Crippen molar-refractivity contribution >= 4 is 28.2 Å². The van der Waals surface area contributed by atoms with Crippen LogP contribution >= 0.6 is 0 Å². The molecule has 0 radical (unpaired) electrons. The number of nitrogens with zero attached hydrogens (tertiary/aromatic N) is 3. The van der Waals surface area contributed by atoms with Crippen LogP contribution in [0.15, 0.2) is 46.0 Å². The maximum atomic E-state index is 12.9. The molecule has 0 aliphatic rings. The normalized spacial score (nSPS) is 11.3. The Morgan fingerprint density at radius 3 is 2.35 bits per heavy atom. The van der Waals surface area contributed by atoms with Gasteiger partial charge in [-0.15, -0.1) is 0 Å². The van der Waals surface area contributed by atoms with Crippen LogP contribution in [0.2, 0.25) is 0 Å². The molecule has 0 aliphatic heterocycles. The van der Waals surface area contributed by atoms with Gasteiger partial charge >= 0.3 is 11.7 Å². The van der Waals surface area contributed by atoms with Crippen LogP contribution in [-0.4, -0.2) is 37.1 Å². The Kier molecular flexibility index (Phi) is 5.35. The first-order valence-electron chi connectivity index (χ1n) is 9.78. The zero-order valence-corrected chi connectivity index (χ0v) is 17.1. The molecule has 2 aromatic carbocycles. The van der Waals surface area contributed by atoms with Crippen molar-refractivity contribution in [2.75, 3.05) is 6.54 Å². The fourth-order valence-corrected chi connectivity index (χ4v) is 3.33. The molecule has 0 spiro atoms. The number of aromatic amines is 1. The van der Waals surface area contributed by atoms with Gasteiger partial charge < -0.3 is 10.4 Å². The second-order valence-electron chi connectivity index (χ2n) is 7.41. The number of fused-ring (bicyclic) bond motifs is 2. The van der Waals surface area contributed by atoms with E-state index in [2.05, 4.69) is 20.3 Å². The van der Waals surface area contributed by atoms with Gasteiger partial charge in [0.25, 0.3) is 5.56 Å². The Labute approximate surface area is 176 Å². The predicted octanol–water partition coefficient (Wildman–Crippen LogP) is 1.74. The lowest BCUT2D eigenvalue weighted by Crippen LogP contribution is -2.38. The summed E-state index contributed by atoms with van der Waals surface area (Å²) in [6.45, 7) is 4.93. The van der Waals surface area contributed by atoms with E-state index < -0.39 is 17.2 Å². The Morgan fingerprint density at radius 2 is 1.71 bits per heavy atom. The molecule has 0 fully saturated rings. The van der Waals surface area contributed by atoms with Crippen LogP contribution in [0.25, 0.3) is 22.2 Å². The number of hydrogen-bond donors (Lipinski definition) is 3. The van der Waals surface area contributed by atoms with E-state index in [-0.39, 0.29) is 23.3 Å². The topological polar surface area (TPSA) is 130 Å². The summed E-state index contributed by atoms with van der Waals surface area (Å²) in [7, 11) is 0. The minimum absolute atomic E-state index is 0.125. The average Bonchev–Trinajstić information content (AvgIpc) is 2.73. The molecule has 0 amide bonds. The molecule has 0 aliphatic carbocycles. The summed E-state index contributed by atoms with van der Waals surface area (Å²) in [5, 5.41) is 12.1. The van der Waals surface area contributed by atoms with Crippen LogP contribution in [0, 0.1) is 13.8 Å². The highest BCUT2D eigenvalue weighted by Crippen LogP contribution is 2.17. The lowest BCUT2D eigenvalue weighted by Gasteiger charge is -2.09. The maximum Gasteiger partial charge on any atom is 0.335 e. The first-order chi connectivity index (χ1) is 14.8. The lowest BCUT2D eigenvalue weighted by atomic mass is 10.1. The number of hydrogen-bond acceptors (Lipinski definition) is 6. The minimum Gasteiger partial charge on any atom is -0.478 e. The van der Waals surface area contributed by atoms with Crippen LogP contribution in [0.3, 0.4) is 0 Å². The van der Waals surface area contributed by atoms with Crippen LogP contribution in [0.5, 0.6) is 0 Å². The van der Waals surface area contributed by atoms with Gasteiger partial charge in [-0.2, -0.15) is 0 Å². The summed E-state index contributed by atoms with van der Waals surface area (Å²) in [4.78, 5) is 47.7. The van der Waals surface area contributed by atoms with Crippen molar-refractivity contribution in [2.45, 2.75) is 26.9 Å². The van der Waals surface area contributed by atoms with E-state index >= 15 is 0 Å². The molecule has 4 aromatic rings. The number of aromatic carboxylic acids is 1. The fraction of sp³-hybridized carbons (Fsp3) is 0.227. The summed E-state index contributed by atoms with van der Waals surface area (Å²) in [6.07, 6.45) is 0. The second-order valence-corrected chi connectivity index (χ2v) is 7.41. The zero-order valence-electron chi connectivity index (χ0n) is 17.1. The van der Waals surface area contributed by atoms with Gasteiger partial charge in [-0.05, 0) is 54.8 Å². The molecule has 4 rings (SSSR count). The van der Waals surface area contributed by atoms with Crippen LogP contribution < -0.4 is 16.6 Å². The quantitative estimate of drug-likeness (QED) is 0.321. The van der Waals surface area contributed by atoms with Crippen molar-refractivity contribution in [3.8, 4) is 0 Å². The van der Waals surface area contributed by atoms with Crippen molar-refractivity contribution in [1.29, 1.82) is 0 Å². The summed E-state index contributed by atoms with van der Waals surface area (Å²) in [6, 6.07) is 10.3. The largest absolute Gasteiger partial charge is 0.478 e. The van der Waals surface area contributed by atoms with Gasteiger partial charge in [-0.3, -0.25) is 14.3 Å². The summed E-state index contributed by atoms with van der Waals surface area (Å²) in [5.41, 5.74) is 3.72. The molecule has 31 heavy (non-hydrogen) atoms. The minimum atomic E-state index is -0.976. The van der Waals surface area contributed by atoms with Gasteiger partial charge in [-0.1, -0.05) is 12.1 Å². The summed E-state index contributed by atoms with van der Waals surface area (Å²) < 4.78 is 1.10. The van der Waals surface area contributed by atoms with Gasteiger partial charge in [-0.25, -0.2) is 19.6 Å². The summed E-state index contributed by atoms with van der Waals surface area (Å²) >= 11 is 0. The molecular weight excluding hydrogens is 398 g/mol. The third-order valence-electron chi connectivity index (χ3n) is 5.24. The fourth-order valence-electron chi connectivity index (χ4n) is 3.33. The SMILES string of the molecule is Cc1cc2nc3[nH]c(=O)n(CCNCc4ccc(C(=O)O)cc4)c(=O)c3nc2cc1C. The molecule has 0 unspecified atom stereocenters. The van der Waals surface area contributed by atoms with E-state index in [0.29, 0.717) is 24.1 Å². The molecule has 2 heterocycles. The van der Waals surface area contributed by atoms with Crippen LogP contribution in [0.4, 0.5) is 0 Å². The zero-order chi connectivity index (χ0) is 22.1. The number of benzene rings is 2. The number of aryl methyl sites for hydroxylation is 2. The number of rotatable bonds is 6. The molecule has 9 nitrogen and oxygen atoms in total. The summed E-state index contributed by atoms with van der Waals surface area (Å²) in [5.74, 6) is -0.976. The average molecular weight is 419 g/mol. The number of nitrogens with one attached hydrogen (secondary N) is 2. The molecule has 0 saturated heterocycles. The van der Waals surface area contributed by atoms with Gasteiger partial charge in [0, 0.05) is 19.6 Å². The Balaban J connectivity index is 1.54. The number of carboxylic acid groups (broad SMARTS) is 1. The highest BCUT2D eigenvalue weighted by Gasteiger charge is 2.12. The molecule has 0 saturated carbocycles. The van der Waals surface area contributed by atoms with Crippen LogP contribution in [0.1, 0.15) is 27.0 Å². The molecule has 158 valence electrons. The van der Waals surface area contributed by atoms with Crippen molar-refractivity contribution in [1.82, 2.24) is 24.8 Å². The Bertz CT molecular complexity index is 1420. The van der Waals surface area contributed by atoms with Gasteiger partial charge in [0.1, 0.15) is 0 Å². The Hall–Kier alpha value is -3.85. The van der Waals surface area contributed by atoms with Crippen molar-refractivity contribution < 1.29 is 9.90 Å². The standard InChI is InChI=1S/C22H21N5O4/c1-12-9-16-17(10-13(12)2)25-19-18(24-16)20(28)27(22(31)26-19)8-7-23-11-14-3-5-15(6-4-14)21(29)30/h3-6,9-10,23H,7-8,11H2,1-2H3,(H,29,30)(H,25,26,31). The maximum absolute atomic E-state index is 12.9. The number of H-pyrrole nitrogens is 1. The number of carbonyl (C=O) groups is 1. The number of aromatic nitrogens is 4. The van der Waals surface area contributed by atoms with Crippen molar-refractivity contribution in [2.24, 2.45) is 0 Å². The van der Waals surface area contributed by atoms with Crippen LogP contribution in [-0.2, 0) is 13.1 Å². The van der Waals surface area contributed by atoms with E-state index in [1.165, 1.54) is 12.1 Å². The number of carboxylic acids is 1. The van der Waals surface area contributed by atoms with Crippen molar-refractivity contribution in [3.63, 3.8) is 0 Å². The molecule has 0 bridgehead atoms. The van der Waals surface area contributed by atoms with Gasteiger partial charge in [0.05, 0.1) is 16.6 Å². The van der Waals surface area contributed by atoms with Gasteiger partial charge in [0.2, 0.25) is 0 Å². The van der Waals surface area contributed by atoms with Crippen molar-refractivity contribution in [3.05, 3.63) is 79.5 Å². The van der Waals surface area contributed by atoms with E-state index in [1.54, 1.807) is 12.1 Å². The highest BCUT2D eigenvalue weighted by molar-refractivity contribution is 5.87. The first kappa shape index (κ1) is 20.4. The molecule has 9 heteroatoms. The third kappa shape index (κ3) is 4.08. The third-order valence-corrected chi connectivity index (χ3v) is 5.24. The van der Waals surface area contributed by atoms with E-state index in [4.69, 9.17) is 5.11 Å². The first-order valence-corrected chi connectivity index (χ1v) is 9.78. The molecule has 0 atom stereocenters. The van der Waals surface area contributed by atoms with E-state index in [1.807, 2.05) is 26.0 Å². The Morgan fingerprint density at radius 1 is 1.06 bits per heavy atom. The predicted molar refractivity (Wildman–Crippen MR) is 117 cm³/mol. The van der Waals surface area contributed by atoms with E-state index in [9.17, 15) is 14.4 Å². The monoisotopic (exact) mass is 419 g/mol. The second kappa shape index (κ2) is 8.11. The highest BCUT2D eigenvalue weighted by atomic mass is 16.4.